The normalized spacial score (nSPS) is 32.1. The van der Waals surface area contributed by atoms with E-state index in [0.29, 0.717) is 18.5 Å². The minimum Gasteiger partial charge on any atom is -0.307 e. The molecule has 1 nitrogen and oxygen atoms in total. The van der Waals surface area contributed by atoms with Crippen molar-refractivity contribution in [2.24, 2.45) is 0 Å². The van der Waals surface area contributed by atoms with E-state index in [-0.39, 0.29) is 11.9 Å². The van der Waals surface area contributed by atoms with Crippen LogP contribution in [0.1, 0.15) is 24.9 Å². The van der Waals surface area contributed by atoms with Crippen LogP contribution in [0.2, 0.25) is 0 Å². The van der Waals surface area contributed by atoms with Crippen LogP contribution in [0.3, 0.4) is 0 Å². The van der Waals surface area contributed by atoms with Gasteiger partial charge in [-0.2, -0.15) is 0 Å². The quantitative estimate of drug-likeness (QED) is 0.729. The van der Waals surface area contributed by atoms with Gasteiger partial charge in [0.1, 0.15) is 11.5 Å². The van der Waals surface area contributed by atoms with E-state index >= 15 is 0 Å². The Kier molecular flexibility index (Phi) is 2.27. The van der Waals surface area contributed by atoms with Crippen molar-refractivity contribution in [2.75, 3.05) is 6.54 Å². The molecule has 2 unspecified atom stereocenters. The molecule has 1 saturated heterocycles. The molecule has 1 aliphatic heterocycles. The molecule has 1 aromatic carbocycles. The predicted molar refractivity (Wildman–Crippen MR) is 51.3 cm³/mol. The molecule has 2 rings (SSSR count). The molecule has 0 saturated carbocycles. The van der Waals surface area contributed by atoms with Crippen molar-refractivity contribution in [3.05, 3.63) is 35.6 Å². The Balaban J connectivity index is 2.22. The summed E-state index contributed by atoms with van der Waals surface area (Å²) in [6.07, 6.45) is 0.341. The van der Waals surface area contributed by atoms with E-state index in [1.165, 1.54) is 6.07 Å². The van der Waals surface area contributed by atoms with Gasteiger partial charge in [-0.1, -0.05) is 18.2 Å². The van der Waals surface area contributed by atoms with Gasteiger partial charge in [0.05, 0.1) is 0 Å². The van der Waals surface area contributed by atoms with Crippen LogP contribution in [0.5, 0.6) is 0 Å². The second kappa shape index (κ2) is 3.31. The second-order valence-electron chi connectivity index (χ2n) is 4.07. The van der Waals surface area contributed by atoms with Gasteiger partial charge in [0, 0.05) is 24.6 Å². The number of nitrogens with one attached hydrogen (secondary N) is 1. The van der Waals surface area contributed by atoms with Gasteiger partial charge in [-0.25, -0.2) is 8.78 Å². The SMILES string of the molecule is CC1(F)CNC(c2ccccc2F)C1. The number of hydrogen-bond acceptors (Lipinski definition) is 1. The molecule has 2 atom stereocenters. The lowest BCUT2D eigenvalue weighted by Gasteiger charge is -2.12. The number of halogens is 2. The van der Waals surface area contributed by atoms with Gasteiger partial charge < -0.3 is 5.32 Å². The summed E-state index contributed by atoms with van der Waals surface area (Å²) in [6, 6.07) is 6.33. The third kappa shape index (κ3) is 1.77. The topological polar surface area (TPSA) is 12.0 Å². The van der Waals surface area contributed by atoms with E-state index < -0.39 is 5.67 Å². The Morgan fingerprint density at radius 2 is 2.14 bits per heavy atom. The van der Waals surface area contributed by atoms with Crippen LogP contribution in [0.25, 0.3) is 0 Å². The standard InChI is InChI=1S/C11H13F2N/c1-11(13)6-10(14-7-11)8-4-2-3-5-9(8)12/h2-5,10,14H,6-7H2,1H3. The average Bonchev–Trinajstić information content (AvgIpc) is 2.47. The van der Waals surface area contributed by atoms with Gasteiger partial charge in [0.25, 0.3) is 0 Å². The molecule has 0 radical (unpaired) electrons. The van der Waals surface area contributed by atoms with Crippen molar-refractivity contribution in [1.82, 2.24) is 5.32 Å². The summed E-state index contributed by atoms with van der Waals surface area (Å²) in [4.78, 5) is 0. The first-order chi connectivity index (χ1) is 6.58. The fraction of sp³-hybridized carbons (Fsp3) is 0.455. The first-order valence-electron chi connectivity index (χ1n) is 4.75. The molecule has 1 aromatic rings. The number of rotatable bonds is 1. The maximum atomic E-state index is 13.5. The predicted octanol–water partition coefficient (Wildman–Crippen LogP) is 2.59. The molecule has 0 amide bonds. The first-order valence-corrected chi connectivity index (χ1v) is 4.75. The zero-order valence-electron chi connectivity index (χ0n) is 8.06. The number of hydrogen-bond donors (Lipinski definition) is 1. The molecule has 0 bridgehead atoms. The fourth-order valence-electron chi connectivity index (χ4n) is 1.88. The Bertz CT molecular complexity index is 336. The zero-order valence-corrected chi connectivity index (χ0v) is 8.06. The van der Waals surface area contributed by atoms with E-state index in [4.69, 9.17) is 0 Å². The fourth-order valence-corrected chi connectivity index (χ4v) is 1.88. The minimum absolute atomic E-state index is 0.189. The Labute approximate surface area is 82.1 Å². The van der Waals surface area contributed by atoms with Crippen LogP contribution >= 0.6 is 0 Å². The highest BCUT2D eigenvalue weighted by Gasteiger charge is 2.36. The van der Waals surface area contributed by atoms with Crippen LogP contribution in [0.15, 0.2) is 24.3 Å². The van der Waals surface area contributed by atoms with Crippen molar-refractivity contribution < 1.29 is 8.78 Å². The summed E-state index contributed by atoms with van der Waals surface area (Å²) >= 11 is 0. The largest absolute Gasteiger partial charge is 0.307 e. The monoisotopic (exact) mass is 197 g/mol. The third-order valence-electron chi connectivity index (χ3n) is 2.63. The maximum Gasteiger partial charge on any atom is 0.127 e. The van der Waals surface area contributed by atoms with Gasteiger partial charge >= 0.3 is 0 Å². The molecule has 1 aliphatic rings. The zero-order chi connectivity index (χ0) is 10.2. The van der Waals surface area contributed by atoms with E-state index in [1.54, 1.807) is 25.1 Å². The summed E-state index contributed by atoms with van der Waals surface area (Å²) in [5.74, 6) is -0.261. The van der Waals surface area contributed by atoms with Gasteiger partial charge in [-0.3, -0.25) is 0 Å². The summed E-state index contributed by atoms with van der Waals surface area (Å²) < 4.78 is 26.8. The number of alkyl halides is 1. The highest BCUT2D eigenvalue weighted by molar-refractivity contribution is 5.23. The third-order valence-corrected chi connectivity index (χ3v) is 2.63. The van der Waals surface area contributed by atoms with Gasteiger partial charge in [-0.05, 0) is 13.0 Å². The Hall–Kier alpha value is -0.960. The summed E-state index contributed by atoms with van der Waals surface area (Å²) in [5.41, 5.74) is -0.652. The van der Waals surface area contributed by atoms with Crippen LogP contribution in [-0.4, -0.2) is 12.2 Å². The van der Waals surface area contributed by atoms with Crippen LogP contribution in [0, 0.1) is 5.82 Å². The molecule has 1 fully saturated rings. The molecule has 1 heterocycles. The molecule has 14 heavy (non-hydrogen) atoms. The summed E-state index contributed by atoms with van der Waals surface area (Å²) in [7, 11) is 0. The van der Waals surface area contributed by atoms with Crippen molar-refractivity contribution in [3.8, 4) is 0 Å². The number of benzene rings is 1. The van der Waals surface area contributed by atoms with Crippen molar-refractivity contribution in [2.45, 2.75) is 25.1 Å². The van der Waals surface area contributed by atoms with E-state index in [2.05, 4.69) is 5.32 Å². The summed E-state index contributed by atoms with van der Waals surface area (Å²) in [5, 5.41) is 2.99. The second-order valence-corrected chi connectivity index (χ2v) is 4.07. The van der Waals surface area contributed by atoms with E-state index in [1.807, 2.05) is 0 Å². The lowest BCUT2D eigenvalue weighted by Crippen LogP contribution is -2.21. The molecule has 76 valence electrons. The van der Waals surface area contributed by atoms with Crippen LogP contribution in [-0.2, 0) is 0 Å². The molecule has 0 aliphatic carbocycles. The maximum absolute atomic E-state index is 13.5. The average molecular weight is 197 g/mol. The molecule has 0 aromatic heterocycles. The summed E-state index contributed by atoms with van der Waals surface area (Å²) in [6.45, 7) is 1.84. The van der Waals surface area contributed by atoms with E-state index in [9.17, 15) is 8.78 Å². The van der Waals surface area contributed by atoms with Gasteiger partial charge in [0.2, 0.25) is 0 Å². The highest BCUT2D eigenvalue weighted by atomic mass is 19.1. The van der Waals surface area contributed by atoms with Gasteiger partial charge in [0.15, 0.2) is 0 Å². The van der Waals surface area contributed by atoms with Gasteiger partial charge in [-0.15, -0.1) is 0 Å². The molecule has 3 heteroatoms. The van der Waals surface area contributed by atoms with Crippen molar-refractivity contribution in [1.29, 1.82) is 0 Å². The van der Waals surface area contributed by atoms with Crippen LogP contribution < -0.4 is 5.32 Å². The lowest BCUT2D eigenvalue weighted by molar-refractivity contribution is 0.213. The van der Waals surface area contributed by atoms with Crippen LogP contribution in [0.4, 0.5) is 8.78 Å². The Morgan fingerprint density at radius 1 is 1.43 bits per heavy atom. The molecular formula is C11H13F2N. The van der Waals surface area contributed by atoms with Crippen molar-refractivity contribution in [3.63, 3.8) is 0 Å². The minimum atomic E-state index is -1.22. The highest BCUT2D eigenvalue weighted by Crippen LogP contribution is 2.33. The van der Waals surface area contributed by atoms with E-state index in [0.717, 1.165) is 0 Å². The molecular weight excluding hydrogens is 184 g/mol. The first kappa shape index (κ1) is 9.59. The van der Waals surface area contributed by atoms with Crippen molar-refractivity contribution >= 4 is 0 Å². The Morgan fingerprint density at radius 3 is 2.71 bits per heavy atom. The lowest BCUT2D eigenvalue weighted by atomic mass is 9.99. The molecule has 0 spiro atoms. The smallest absolute Gasteiger partial charge is 0.127 e. The molecule has 1 N–H and O–H groups in total.